The molecule has 1 aromatic carbocycles. The van der Waals surface area contributed by atoms with E-state index in [2.05, 4.69) is 37.5 Å². The summed E-state index contributed by atoms with van der Waals surface area (Å²) < 4.78 is 5.89. The molecule has 1 aromatic rings. The van der Waals surface area contributed by atoms with Crippen molar-refractivity contribution >= 4 is 18.3 Å². The van der Waals surface area contributed by atoms with Gasteiger partial charge in [-0.2, -0.15) is 0 Å². The first-order chi connectivity index (χ1) is 11.1. The van der Waals surface area contributed by atoms with Crippen LogP contribution in [-0.2, 0) is 4.79 Å². The highest BCUT2D eigenvalue weighted by Gasteiger charge is 2.26. The fourth-order valence-corrected chi connectivity index (χ4v) is 3.01. The third-order valence-electron chi connectivity index (χ3n) is 4.21. The van der Waals surface area contributed by atoms with Crippen molar-refractivity contribution in [3.63, 3.8) is 0 Å². The van der Waals surface area contributed by atoms with Crippen LogP contribution in [0.25, 0.3) is 0 Å². The van der Waals surface area contributed by atoms with E-state index in [1.165, 1.54) is 0 Å². The first kappa shape index (κ1) is 20.8. The number of amides is 1. The van der Waals surface area contributed by atoms with Crippen LogP contribution in [0.4, 0.5) is 0 Å². The molecule has 0 bridgehead atoms. The summed E-state index contributed by atoms with van der Waals surface area (Å²) in [6.07, 6.45) is 2.82. The molecule has 0 radical (unpaired) electrons. The molecule has 0 spiro atoms. The topological polar surface area (TPSA) is 50.4 Å². The summed E-state index contributed by atoms with van der Waals surface area (Å²) in [4.78, 5) is 12.5. The summed E-state index contributed by atoms with van der Waals surface area (Å²) in [6.45, 7) is 8.89. The number of carbonyl (C=O) groups excluding carboxylic acids is 1. The molecule has 0 aromatic heterocycles. The van der Waals surface area contributed by atoms with Crippen molar-refractivity contribution in [3.05, 3.63) is 29.8 Å². The van der Waals surface area contributed by atoms with Crippen LogP contribution in [0.5, 0.6) is 5.75 Å². The molecular weight excluding hydrogens is 324 g/mol. The van der Waals surface area contributed by atoms with Gasteiger partial charge in [-0.25, -0.2) is 0 Å². The molecule has 0 aliphatic carbocycles. The molecule has 136 valence electrons. The molecule has 0 saturated carbocycles. The molecule has 1 heterocycles. The molecule has 1 saturated heterocycles. The van der Waals surface area contributed by atoms with Crippen molar-refractivity contribution < 1.29 is 9.53 Å². The Hall–Kier alpha value is -1.26. The Balaban J connectivity index is 0.00000288. The fraction of sp³-hybridized carbons (Fsp3) is 0.632. The van der Waals surface area contributed by atoms with E-state index in [4.69, 9.17) is 4.74 Å². The molecule has 1 fully saturated rings. The number of hydrogen-bond donors (Lipinski definition) is 2. The third kappa shape index (κ3) is 5.99. The van der Waals surface area contributed by atoms with E-state index in [0.29, 0.717) is 12.5 Å². The molecular formula is C19H31ClN2O2. The van der Waals surface area contributed by atoms with Crippen LogP contribution in [-0.4, -0.2) is 25.6 Å². The second-order valence-electron chi connectivity index (χ2n) is 6.77. The summed E-state index contributed by atoms with van der Waals surface area (Å²) in [5.41, 5.74) is 1.09. The van der Waals surface area contributed by atoms with Gasteiger partial charge in [-0.3, -0.25) is 4.79 Å². The van der Waals surface area contributed by atoms with Gasteiger partial charge in [0.05, 0.1) is 18.6 Å². The monoisotopic (exact) mass is 354 g/mol. The summed E-state index contributed by atoms with van der Waals surface area (Å²) in [7, 11) is 0. The van der Waals surface area contributed by atoms with E-state index < -0.39 is 0 Å². The van der Waals surface area contributed by atoms with Gasteiger partial charge in [-0.05, 0) is 37.8 Å². The maximum atomic E-state index is 12.5. The van der Waals surface area contributed by atoms with Crippen molar-refractivity contribution in [2.75, 3.05) is 19.7 Å². The van der Waals surface area contributed by atoms with Crippen LogP contribution >= 0.6 is 12.4 Å². The van der Waals surface area contributed by atoms with Crippen molar-refractivity contribution in [2.45, 2.75) is 46.1 Å². The van der Waals surface area contributed by atoms with Gasteiger partial charge in [0.2, 0.25) is 5.91 Å². The van der Waals surface area contributed by atoms with E-state index in [0.717, 1.165) is 43.7 Å². The normalized spacial score (nSPS) is 18.1. The maximum absolute atomic E-state index is 12.5. The first-order valence-electron chi connectivity index (χ1n) is 8.84. The number of carbonyl (C=O) groups is 1. The van der Waals surface area contributed by atoms with Gasteiger partial charge < -0.3 is 15.4 Å². The van der Waals surface area contributed by atoms with Gasteiger partial charge in [0, 0.05) is 12.1 Å². The van der Waals surface area contributed by atoms with Gasteiger partial charge in [-0.15, -0.1) is 12.4 Å². The van der Waals surface area contributed by atoms with Crippen LogP contribution in [0, 0.1) is 11.8 Å². The maximum Gasteiger partial charge on any atom is 0.224 e. The van der Waals surface area contributed by atoms with Crippen LogP contribution in [0.15, 0.2) is 24.3 Å². The third-order valence-corrected chi connectivity index (χ3v) is 4.21. The Labute approximate surface area is 152 Å². The first-order valence-corrected chi connectivity index (χ1v) is 8.84. The standard InChI is InChI=1S/C19H30N2O2.ClH/c1-4-11-23-18-8-6-5-7-16(18)17(12-14(2)3)21-19(22)15-9-10-20-13-15;/h5-8,14-15,17,20H,4,9-13H2,1-3H3,(H,21,22);1H. The van der Waals surface area contributed by atoms with Gasteiger partial charge in [-0.1, -0.05) is 39.0 Å². The van der Waals surface area contributed by atoms with Crippen molar-refractivity contribution in [2.24, 2.45) is 11.8 Å². The Morgan fingerprint density at radius 1 is 1.38 bits per heavy atom. The highest BCUT2D eigenvalue weighted by atomic mass is 35.5. The highest BCUT2D eigenvalue weighted by Crippen LogP contribution is 2.30. The summed E-state index contributed by atoms with van der Waals surface area (Å²) >= 11 is 0. The molecule has 5 heteroatoms. The van der Waals surface area contributed by atoms with E-state index in [9.17, 15) is 4.79 Å². The predicted octanol–water partition coefficient (Wildman–Crippen LogP) is 3.71. The number of para-hydroxylation sites is 1. The van der Waals surface area contributed by atoms with E-state index in [1.54, 1.807) is 0 Å². The SMILES string of the molecule is CCCOc1ccccc1C(CC(C)C)NC(=O)C1CCNC1.Cl. The Kier molecular flexibility index (Phi) is 9.16. The average molecular weight is 355 g/mol. The van der Waals surface area contributed by atoms with E-state index in [1.807, 2.05) is 18.2 Å². The fourth-order valence-electron chi connectivity index (χ4n) is 3.01. The number of rotatable bonds is 8. The minimum absolute atomic E-state index is 0. The van der Waals surface area contributed by atoms with Gasteiger partial charge in [0.15, 0.2) is 0 Å². The zero-order valence-electron chi connectivity index (χ0n) is 15.0. The molecule has 1 amide bonds. The Morgan fingerprint density at radius 3 is 2.75 bits per heavy atom. The minimum atomic E-state index is 0. The van der Waals surface area contributed by atoms with Crippen molar-refractivity contribution in [1.29, 1.82) is 0 Å². The molecule has 1 aliphatic heterocycles. The molecule has 2 N–H and O–H groups in total. The lowest BCUT2D eigenvalue weighted by Gasteiger charge is -2.25. The lowest BCUT2D eigenvalue weighted by molar-refractivity contribution is -0.125. The summed E-state index contributed by atoms with van der Waals surface area (Å²) in [6, 6.07) is 8.09. The van der Waals surface area contributed by atoms with Gasteiger partial charge in [0.1, 0.15) is 5.75 Å². The number of hydrogen-bond acceptors (Lipinski definition) is 3. The number of benzene rings is 1. The zero-order chi connectivity index (χ0) is 16.7. The highest BCUT2D eigenvalue weighted by molar-refractivity contribution is 5.85. The Morgan fingerprint density at radius 2 is 2.12 bits per heavy atom. The molecule has 2 atom stereocenters. The molecule has 2 rings (SSSR count). The molecule has 4 nitrogen and oxygen atoms in total. The lowest BCUT2D eigenvalue weighted by Crippen LogP contribution is -2.35. The predicted molar refractivity (Wildman–Crippen MR) is 101 cm³/mol. The Bertz CT molecular complexity index is 502. The number of nitrogens with one attached hydrogen (secondary N) is 2. The molecule has 2 unspecified atom stereocenters. The van der Waals surface area contributed by atoms with Crippen molar-refractivity contribution in [3.8, 4) is 5.75 Å². The quantitative estimate of drug-likeness (QED) is 0.748. The van der Waals surface area contributed by atoms with Crippen LogP contribution in [0.3, 0.4) is 0 Å². The molecule has 1 aliphatic rings. The summed E-state index contributed by atoms with van der Waals surface area (Å²) in [5, 5.41) is 6.53. The van der Waals surface area contributed by atoms with Gasteiger partial charge >= 0.3 is 0 Å². The zero-order valence-corrected chi connectivity index (χ0v) is 15.8. The second kappa shape index (κ2) is 10.6. The largest absolute Gasteiger partial charge is 0.493 e. The van der Waals surface area contributed by atoms with E-state index >= 15 is 0 Å². The van der Waals surface area contributed by atoms with E-state index in [-0.39, 0.29) is 30.3 Å². The smallest absolute Gasteiger partial charge is 0.224 e. The lowest BCUT2D eigenvalue weighted by atomic mass is 9.95. The minimum Gasteiger partial charge on any atom is -0.493 e. The average Bonchev–Trinajstić information content (AvgIpc) is 3.06. The second-order valence-corrected chi connectivity index (χ2v) is 6.77. The molecule has 24 heavy (non-hydrogen) atoms. The van der Waals surface area contributed by atoms with Crippen LogP contribution < -0.4 is 15.4 Å². The summed E-state index contributed by atoms with van der Waals surface area (Å²) in [5.74, 6) is 1.64. The van der Waals surface area contributed by atoms with Gasteiger partial charge in [0.25, 0.3) is 0 Å². The van der Waals surface area contributed by atoms with Crippen LogP contribution in [0.2, 0.25) is 0 Å². The van der Waals surface area contributed by atoms with Crippen LogP contribution in [0.1, 0.15) is 51.6 Å². The van der Waals surface area contributed by atoms with Crippen molar-refractivity contribution in [1.82, 2.24) is 10.6 Å². The number of ether oxygens (including phenoxy) is 1. The number of halogens is 1.